The van der Waals surface area contributed by atoms with Gasteiger partial charge in [0.2, 0.25) is 0 Å². The highest BCUT2D eigenvalue weighted by molar-refractivity contribution is 6.07. The number of imidazole rings is 1. The van der Waals surface area contributed by atoms with Crippen molar-refractivity contribution < 1.29 is 14.6 Å². The largest absolute Gasteiger partial charge is 0.486 e. The van der Waals surface area contributed by atoms with Crippen LogP contribution in [0.3, 0.4) is 0 Å². The maximum absolute atomic E-state index is 11.2. The minimum absolute atomic E-state index is 0.428. The topological polar surface area (TPSA) is 64.7 Å². The van der Waals surface area contributed by atoms with E-state index in [0.717, 1.165) is 34.7 Å². The van der Waals surface area contributed by atoms with E-state index >= 15 is 0 Å². The summed E-state index contributed by atoms with van der Waals surface area (Å²) in [5.74, 6) is 1.69. The first kappa shape index (κ1) is 25.0. The van der Waals surface area contributed by atoms with Crippen LogP contribution in [0, 0.1) is 0 Å². The number of para-hydroxylation sites is 2. The van der Waals surface area contributed by atoms with Crippen LogP contribution < -0.4 is 4.74 Å². The molecule has 1 atom stereocenters. The second kappa shape index (κ2) is 11.6. The summed E-state index contributed by atoms with van der Waals surface area (Å²) < 4.78 is 15.4. The van der Waals surface area contributed by atoms with Crippen LogP contribution in [0.4, 0.5) is 0 Å². The first-order chi connectivity index (χ1) is 18.1. The van der Waals surface area contributed by atoms with E-state index in [4.69, 9.17) is 9.47 Å². The molecule has 0 aliphatic rings. The van der Waals surface area contributed by atoms with Crippen molar-refractivity contribution in [2.24, 2.45) is 7.05 Å². The van der Waals surface area contributed by atoms with Crippen LogP contribution in [-0.2, 0) is 31.5 Å². The quantitative estimate of drug-likeness (QED) is 0.272. The molecule has 192 valence electrons. The molecule has 0 bridgehead atoms. The van der Waals surface area contributed by atoms with E-state index in [-0.39, 0.29) is 0 Å². The number of fused-ring (bicyclic) bond motifs is 3. The van der Waals surface area contributed by atoms with E-state index in [9.17, 15) is 5.11 Å². The number of aliphatic hydroxyl groups excluding tert-OH is 1. The van der Waals surface area contributed by atoms with Gasteiger partial charge in [-0.25, -0.2) is 4.98 Å². The fourth-order valence-electron chi connectivity index (χ4n) is 4.85. The lowest BCUT2D eigenvalue weighted by Gasteiger charge is -2.25. The molecule has 0 fully saturated rings. The molecular weight excluding hydrogens is 464 g/mol. The Morgan fingerprint density at radius 2 is 1.62 bits per heavy atom. The number of aryl methyl sites for hydroxylation is 1. The molecule has 7 nitrogen and oxygen atoms in total. The zero-order valence-corrected chi connectivity index (χ0v) is 21.5. The van der Waals surface area contributed by atoms with Gasteiger partial charge in [0.05, 0.1) is 19.3 Å². The zero-order valence-electron chi connectivity index (χ0n) is 21.5. The van der Waals surface area contributed by atoms with E-state index in [0.29, 0.717) is 32.8 Å². The lowest BCUT2D eigenvalue weighted by Crippen LogP contribution is -2.36. The average Bonchev–Trinajstić information content (AvgIpc) is 3.47. The highest BCUT2D eigenvalue weighted by Gasteiger charge is 2.17. The molecule has 0 spiro atoms. The molecule has 5 aromatic rings. The van der Waals surface area contributed by atoms with Gasteiger partial charge in [0.1, 0.15) is 18.2 Å². The molecule has 2 aromatic heterocycles. The molecule has 7 heteroatoms. The number of ether oxygens (including phenoxy) is 2. The van der Waals surface area contributed by atoms with Crippen LogP contribution in [-0.4, -0.2) is 57.0 Å². The van der Waals surface area contributed by atoms with Crippen molar-refractivity contribution in [3.8, 4) is 5.75 Å². The SMILES string of the molecule is COCCN(Cc1ccc(OCc2nccn2C)cc1)C[C@@H](O)Cn1c2ccccc2c2ccccc21. The minimum atomic E-state index is -0.531. The smallest absolute Gasteiger partial charge is 0.146 e. The van der Waals surface area contributed by atoms with Gasteiger partial charge in [-0.05, 0) is 29.8 Å². The number of rotatable bonds is 12. The number of nitrogens with zero attached hydrogens (tertiary/aromatic N) is 4. The fourth-order valence-corrected chi connectivity index (χ4v) is 4.85. The second-order valence-electron chi connectivity index (χ2n) is 9.41. The van der Waals surface area contributed by atoms with Gasteiger partial charge in [-0.3, -0.25) is 4.90 Å². The van der Waals surface area contributed by atoms with Crippen LogP contribution in [0.15, 0.2) is 85.2 Å². The Balaban J connectivity index is 1.25. The first-order valence-corrected chi connectivity index (χ1v) is 12.7. The Labute approximate surface area is 217 Å². The highest BCUT2D eigenvalue weighted by Crippen LogP contribution is 2.29. The van der Waals surface area contributed by atoms with Crippen molar-refractivity contribution in [2.45, 2.75) is 25.8 Å². The summed E-state index contributed by atoms with van der Waals surface area (Å²) in [4.78, 5) is 6.54. The van der Waals surface area contributed by atoms with E-state index in [1.165, 1.54) is 10.8 Å². The minimum Gasteiger partial charge on any atom is -0.486 e. The van der Waals surface area contributed by atoms with Gasteiger partial charge >= 0.3 is 0 Å². The van der Waals surface area contributed by atoms with Gasteiger partial charge in [0.15, 0.2) is 0 Å². The third-order valence-corrected chi connectivity index (χ3v) is 6.77. The average molecular weight is 499 g/mol. The van der Waals surface area contributed by atoms with Crippen LogP contribution in [0.25, 0.3) is 21.8 Å². The van der Waals surface area contributed by atoms with Crippen LogP contribution >= 0.6 is 0 Å². The van der Waals surface area contributed by atoms with Gasteiger partial charge in [0.25, 0.3) is 0 Å². The molecule has 2 heterocycles. The Morgan fingerprint density at radius 1 is 0.946 bits per heavy atom. The maximum Gasteiger partial charge on any atom is 0.146 e. The second-order valence-corrected chi connectivity index (χ2v) is 9.41. The molecule has 5 rings (SSSR count). The normalized spacial score (nSPS) is 12.5. The standard InChI is InChI=1S/C30H34N4O3/c1-32-16-15-31-30(32)22-37-25-13-11-23(12-14-25)19-33(17-18-36-2)20-24(35)21-34-28-9-5-3-7-26(28)27-8-4-6-10-29(27)34/h3-16,24,35H,17-22H2,1-2H3/t24-/m1/s1. The van der Waals surface area contributed by atoms with Crippen molar-refractivity contribution in [3.05, 3.63) is 96.6 Å². The molecule has 37 heavy (non-hydrogen) atoms. The third kappa shape index (κ3) is 5.85. The Kier molecular flexibility index (Phi) is 7.84. The number of aliphatic hydroxyl groups is 1. The lowest BCUT2D eigenvalue weighted by atomic mass is 10.2. The first-order valence-electron chi connectivity index (χ1n) is 12.7. The molecule has 3 aromatic carbocycles. The fraction of sp³-hybridized carbons (Fsp3) is 0.300. The number of benzene rings is 3. The molecule has 0 radical (unpaired) electrons. The van der Waals surface area contributed by atoms with Crippen molar-refractivity contribution >= 4 is 21.8 Å². The van der Waals surface area contributed by atoms with Crippen molar-refractivity contribution in [3.63, 3.8) is 0 Å². The lowest BCUT2D eigenvalue weighted by molar-refractivity contribution is 0.0768. The van der Waals surface area contributed by atoms with E-state index in [1.807, 2.05) is 29.9 Å². The van der Waals surface area contributed by atoms with Gasteiger partial charge in [0, 0.05) is 68.0 Å². The summed E-state index contributed by atoms with van der Waals surface area (Å²) in [7, 11) is 3.67. The summed E-state index contributed by atoms with van der Waals surface area (Å²) in [6, 6.07) is 24.9. The monoisotopic (exact) mass is 498 g/mol. The van der Waals surface area contributed by atoms with Crippen LogP contribution in [0.1, 0.15) is 11.4 Å². The number of hydrogen-bond acceptors (Lipinski definition) is 5. The molecule has 0 saturated heterocycles. The van der Waals surface area contributed by atoms with Gasteiger partial charge in [-0.2, -0.15) is 0 Å². The highest BCUT2D eigenvalue weighted by atomic mass is 16.5. The van der Waals surface area contributed by atoms with Crippen molar-refractivity contribution in [2.75, 3.05) is 26.8 Å². The maximum atomic E-state index is 11.2. The molecule has 0 amide bonds. The van der Waals surface area contributed by atoms with Gasteiger partial charge in [-0.1, -0.05) is 48.5 Å². The molecule has 1 N–H and O–H groups in total. The number of methoxy groups -OCH3 is 1. The number of aromatic nitrogens is 3. The molecular formula is C30H34N4O3. The Hall–Kier alpha value is -3.65. The van der Waals surface area contributed by atoms with Crippen molar-refractivity contribution in [1.82, 2.24) is 19.0 Å². The zero-order chi connectivity index (χ0) is 25.6. The Morgan fingerprint density at radius 3 is 2.24 bits per heavy atom. The molecule has 0 aliphatic heterocycles. The van der Waals surface area contributed by atoms with Crippen LogP contribution in [0.2, 0.25) is 0 Å². The van der Waals surface area contributed by atoms with Crippen LogP contribution in [0.5, 0.6) is 5.75 Å². The molecule has 0 aliphatic carbocycles. The predicted octanol–water partition coefficient (Wildman–Crippen LogP) is 4.62. The summed E-state index contributed by atoms with van der Waals surface area (Å²) in [6.07, 6.45) is 3.15. The summed E-state index contributed by atoms with van der Waals surface area (Å²) >= 11 is 0. The Bertz CT molecular complexity index is 1390. The summed E-state index contributed by atoms with van der Waals surface area (Å²) in [5.41, 5.74) is 3.45. The van der Waals surface area contributed by atoms with Crippen molar-refractivity contribution in [1.29, 1.82) is 0 Å². The predicted molar refractivity (Wildman–Crippen MR) is 147 cm³/mol. The van der Waals surface area contributed by atoms with E-state index in [1.54, 1.807) is 13.3 Å². The van der Waals surface area contributed by atoms with Gasteiger partial charge in [-0.15, -0.1) is 0 Å². The third-order valence-electron chi connectivity index (χ3n) is 6.77. The van der Waals surface area contributed by atoms with E-state index < -0.39 is 6.10 Å². The molecule has 0 unspecified atom stereocenters. The number of hydrogen-bond donors (Lipinski definition) is 1. The molecule has 0 saturated carbocycles. The summed E-state index contributed by atoms with van der Waals surface area (Å²) in [5, 5.41) is 13.6. The van der Waals surface area contributed by atoms with Gasteiger partial charge < -0.3 is 23.7 Å². The summed E-state index contributed by atoms with van der Waals surface area (Å²) in [6.45, 7) is 3.55. The van der Waals surface area contributed by atoms with E-state index in [2.05, 4.69) is 75.1 Å².